The molecule has 3 aromatic rings. The number of rotatable bonds is 5. The first-order valence-corrected chi connectivity index (χ1v) is 10.0. The molecule has 1 aliphatic rings. The van der Waals surface area contributed by atoms with Gasteiger partial charge in [0.2, 0.25) is 11.8 Å². The number of anilines is 1. The van der Waals surface area contributed by atoms with Gasteiger partial charge in [-0.25, -0.2) is 4.68 Å². The summed E-state index contributed by atoms with van der Waals surface area (Å²) in [7, 11) is 0. The number of benzene rings is 1. The Morgan fingerprint density at radius 3 is 2.86 bits per heavy atom. The summed E-state index contributed by atoms with van der Waals surface area (Å²) < 4.78 is 1.68. The molecule has 2 aromatic heterocycles. The molecule has 0 radical (unpaired) electrons. The van der Waals surface area contributed by atoms with E-state index < -0.39 is 0 Å². The Morgan fingerprint density at radius 1 is 1.25 bits per heavy atom. The predicted octanol–water partition coefficient (Wildman–Crippen LogP) is 2.61. The summed E-state index contributed by atoms with van der Waals surface area (Å²) in [6.07, 6.45) is 2.02. The maximum absolute atomic E-state index is 12.6. The number of hydrogen-bond donors (Lipinski definition) is 1. The number of aryl methyl sites for hydroxylation is 2. The average molecular weight is 395 g/mol. The van der Waals surface area contributed by atoms with Crippen molar-refractivity contribution >= 4 is 28.8 Å². The van der Waals surface area contributed by atoms with Crippen molar-refractivity contribution in [3.63, 3.8) is 0 Å². The highest BCUT2D eigenvalue weighted by molar-refractivity contribution is 7.08. The molecule has 2 amide bonds. The summed E-state index contributed by atoms with van der Waals surface area (Å²) in [4.78, 5) is 26.7. The van der Waals surface area contributed by atoms with Crippen molar-refractivity contribution in [1.29, 1.82) is 0 Å². The van der Waals surface area contributed by atoms with Crippen molar-refractivity contribution in [2.75, 3.05) is 11.4 Å². The van der Waals surface area contributed by atoms with E-state index in [1.165, 1.54) is 5.56 Å². The normalized spacial score (nSPS) is 16.6. The smallest absolute Gasteiger partial charge is 0.227 e. The van der Waals surface area contributed by atoms with Crippen molar-refractivity contribution in [2.24, 2.45) is 5.92 Å². The number of nitrogens with zero attached hydrogens (tertiary/aromatic N) is 4. The Labute approximate surface area is 167 Å². The van der Waals surface area contributed by atoms with Gasteiger partial charge in [-0.3, -0.25) is 9.59 Å². The fourth-order valence-corrected chi connectivity index (χ4v) is 3.86. The van der Waals surface area contributed by atoms with E-state index in [4.69, 9.17) is 0 Å². The summed E-state index contributed by atoms with van der Waals surface area (Å²) in [6.45, 7) is 4.74. The van der Waals surface area contributed by atoms with Crippen LogP contribution in [0.1, 0.15) is 23.2 Å². The minimum atomic E-state index is -0.360. The van der Waals surface area contributed by atoms with Crippen molar-refractivity contribution in [3.8, 4) is 5.69 Å². The lowest BCUT2D eigenvalue weighted by molar-refractivity contribution is -0.126. The van der Waals surface area contributed by atoms with E-state index in [0.29, 0.717) is 12.2 Å². The van der Waals surface area contributed by atoms with Crippen LogP contribution in [0.3, 0.4) is 0 Å². The van der Waals surface area contributed by atoms with Crippen LogP contribution in [0, 0.1) is 19.8 Å². The van der Waals surface area contributed by atoms with Gasteiger partial charge in [0.05, 0.1) is 24.3 Å². The number of amides is 2. The molecule has 4 rings (SSSR count). The topological polar surface area (TPSA) is 80.1 Å². The van der Waals surface area contributed by atoms with E-state index in [0.717, 1.165) is 16.9 Å². The third kappa shape index (κ3) is 3.68. The van der Waals surface area contributed by atoms with Crippen molar-refractivity contribution in [3.05, 3.63) is 58.0 Å². The highest BCUT2D eigenvalue weighted by atomic mass is 32.1. The van der Waals surface area contributed by atoms with Gasteiger partial charge in [0.25, 0.3) is 0 Å². The summed E-state index contributed by atoms with van der Waals surface area (Å²) in [5.41, 5.74) is 4.78. The molecule has 144 valence electrons. The molecule has 8 heteroatoms. The van der Waals surface area contributed by atoms with Crippen LogP contribution >= 0.6 is 11.3 Å². The van der Waals surface area contributed by atoms with Gasteiger partial charge in [0, 0.05) is 24.0 Å². The molecular weight excluding hydrogens is 374 g/mol. The van der Waals surface area contributed by atoms with Gasteiger partial charge < -0.3 is 10.2 Å². The molecule has 1 saturated heterocycles. The maximum Gasteiger partial charge on any atom is 0.227 e. The summed E-state index contributed by atoms with van der Waals surface area (Å²) >= 11 is 1.58. The van der Waals surface area contributed by atoms with Crippen molar-refractivity contribution < 1.29 is 9.59 Å². The largest absolute Gasteiger partial charge is 0.350 e. The van der Waals surface area contributed by atoms with Gasteiger partial charge in [-0.2, -0.15) is 11.3 Å². The molecule has 0 unspecified atom stereocenters. The van der Waals surface area contributed by atoms with Crippen LogP contribution in [0.4, 0.5) is 5.69 Å². The Balaban J connectivity index is 1.36. The molecular formula is C20H21N5O2S. The van der Waals surface area contributed by atoms with Gasteiger partial charge in [0.1, 0.15) is 5.69 Å². The first kappa shape index (κ1) is 18.4. The van der Waals surface area contributed by atoms with Gasteiger partial charge in [-0.1, -0.05) is 11.3 Å². The van der Waals surface area contributed by atoms with E-state index >= 15 is 0 Å². The van der Waals surface area contributed by atoms with E-state index in [1.54, 1.807) is 27.1 Å². The standard InChI is InChI=1S/C20H21N5O2S/c1-13-3-4-17(7-14(13)2)24-10-15(8-19(24)26)20(27)21-9-16-11-25(23-22-16)18-5-6-28-12-18/h3-7,11-12,15H,8-10H2,1-2H3,(H,21,27)/t15-/m0/s1. The van der Waals surface area contributed by atoms with E-state index in [9.17, 15) is 9.59 Å². The molecule has 1 N–H and O–H groups in total. The second kappa shape index (κ2) is 7.55. The number of hydrogen-bond acceptors (Lipinski definition) is 5. The zero-order chi connectivity index (χ0) is 19.7. The van der Waals surface area contributed by atoms with E-state index in [1.807, 2.05) is 48.9 Å². The van der Waals surface area contributed by atoms with Crippen LogP contribution in [-0.4, -0.2) is 33.4 Å². The Morgan fingerprint density at radius 2 is 2.11 bits per heavy atom. The number of thiophene rings is 1. The lowest BCUT2D eigenvalue weighted by atomic mass is 10.1. The minimum Gasteiger partial charge on any atom is -0.350 e. The molecule has 0 bridgehead atoms. The second-order valence-electron chi connectivity index (χ2n) is 7.03. The monoisotopic (exact) mass is 395 g/mol. The quantitative estimate of drug-likeness (QED) is 0.720. The molecule has 7 nitrogen and oxygen atoms in total. The molecule has 1 aromatic carbocycles. The van der Waals surface area contributed by atoms with Crippen LogP contribution in [0.15, 0.2) is 41.2 Å². The zero-order valence-electron chi connectivity index (χ0n) is 15.8. The van der Waals surface area contributed by atoms with Gasteiger partial charge in [-0.05, 0) is 48.6 Å². The van der Waals surface area contributed by atoms with Crippen LogP contribution in [0.2, 0.25) is 0 Å². The van der Waals surface area contributed by atoms with E-state index in [-0.39, 0.29) is 30.7 Å². The van der Waals surface area contributed by atoms with Crippen molar-refractivity contribution in [2.45, 2.75) is 26.8 Å². The van der Waals surface area contributed by atoms with Gasteiger partial charge in [-0.15, -0.1) is 5.10 Å². The lowest BCUT2D eigenvalue weighted by Gasteiger charge is -2.18. The predicted molar refractivity (Wildman–Crippen MR) is 107 cm³/mol. The summed E-state index contributed by atoms with van der Waals surface area (Å²) in [6, 6.07) is 7.88. The molecule has 0 spiro atoms. The lowest BCUT2D eigenvalue weighted by Crippen LogP contribution is -2.32. The number of carbonyl (C=O) groups is 2. The fraction of sp³-hybridized carbons (Fsp3) is 0.300. The van der Waals surface area contributed by atoms with Gasteiger partial charge in [0.15, 0.2) is 0 Å². The molecule has 0 saturated carbocycles. The maximum atomic E-state index is 12.6. The van der Waals surface area contributed by atoms with Crippen LogP contribution in [-0.2, 0) is 16.1 Å². The second-order valence-corrected chi connectivity index (χ2v) is 7.81. The Bertz CT molecular complexity index is 1010. The molecule has 1 atom stereocenters. The van der Waals surface area contributed by atoms with Crippen LogP contribution in [0.25, 0.3) is 5.69 Å². The number of nitrogens with one attached hydrogen (secondary N) is 1. The minimum absolute atomic E-state index is 0.0215. The highest BCUT2D eigenvalue weighted by Gasteiger charge is 2.35. The molecule has 28 heavy (non-hydrogen) atoms. The zero-order valence-corrected chi connectivity index (χ0v) is 16.6. The van der Waals surface area contributed by atoms with Crippen LogP contribution in [0.5, 0.6) is 0 Å². The van der Waals surface area contributed by atoms with Gasteiger partial charge >= 0.3 is 0 Å². The Hall–Kier alpha value is -3.00. The SMILES string of the molecule is Cc1ccc(N2C[C@@H](C(=O)NCc3cn(-c4ccsc4)nn3)CC2=O)cc1C. The molecule has 0 aliphatic carbocycles. The number of aromatic nitrogens is 3. The first-order valence-electron chi connectivity index (χ1n) is 9.10. The third-order valence-electron chi connectivity index (χ3n) is 5.05. The first-order chi connectivity index (χ1) is 13.5. The van der Waals surface area contributed by atoms with Crippen molar-refractivity contribution in [1.82, 2.24) is 20.3 Å². The third-order valence-corrected chi connectivity index (χ3v) is 5.72. The van der Waals surface area contributed by atoms with E-state index in [2.05, 4.69) is 15.6 Å². The fourth-order valence-electron chi connectivity index (χ4n) is 3.24. The van der Waals surface area contributed by atoms with Crippen LogP contribution < -0.4 is 10.2 Å². The molecule has 1 fully saturated rings. The highest BCUT2D eigenvalue weighted by Crippen LogP contribution is 2.27. The summed E-state index contributed by atoms with van der Waals surface area (Å²) in [5.74, 6) is -0.516. The molecule has 1 aliphatic heterocycles. The summed E-state index contributed by atoms with van der Waals surface area (Å²) in [5, 5.41) is 15.0. The Kier molecular flexibility index (Phi) is 4.95. The average Bonchev–Trinajstić information content (AvgIpc) is 3.42. The molecule has 3 heterocycles. The number of carbonyl (C=O) groups excluding carboxylic acids is 2.